The molecule has 0 saturated heterocycles. The fourth-order valence-corrected chi connectivity index (χ4v) is 2.26. The Bertz CT molecular complexity index is 805. The Morgan fingerprint density at radius 1 is 1.00 bits per heavy atom. The second-order valence-corrected chi connectivity index (χ2v) is 5.17. The molecule has 6 heteroatoms. The molecule has 0 radical (unpaired) electrons. The predicted octanol–water partition coefficient (Wildman–Crippen LogP) is 3.93. The molecular formula is C18H19N5O. The number of rotatable bonds is 6. The molecule has 0 amide bonds. The number of benzene rings is 2. The average Bonchev–Trinajstić information content (AvgIpc) is 2.63. The molecule has 0 aliphatic carbocycles. The summed E-state index contributed by atoms with van der Waals surface area (Å²) in [4.78, 5) is 4.43. The number of nitrogens with one attached hydrogen (secondary N) is 2. The topological polar surface area (TPSA) is 72.0 Å². The summed E-state index contributed by atoms with van der Waals surface area (Å²) < 4.78 is 5.31. The van der Waals surface area contributed by atoms with Crippen molar-refractivity contribution in [1.82, 2.24) is 15.2 Å². The first-order valence-electron chi connectivity index (χ1n) is 7.74. The Morgan fingerprint density at radius 3 is 2.54 bits per heavy atom. The summed E-state index contributed by atoms with van der Waals surface area (Å²) in [6.45, 7) is 2.13. The normalized spacial score (nSPS) is 10.2. The number of para-hydroxylation sites is 2. The summed E-state index contributed by atoms with van der Waals surface area (Å²) in [5.74, 6) is 1.73. The van der Waals surface area contributed by atoms with E-state index in [1.54, 1.807) is 13.3 Å². The highest BCUT2D eigenvalue weighted by Gasteiger charge is 2.06. The maximum atomic E-state index is 5.31. The van der Waals surface area contributed by atoms with E-state index in [1.165, 1.54) is 5.56 Å². The van der Waals surface area contributed by atoms with Crippen LogP contribution in [0.5, 0.6) is 5.75 Å². The highest BCUT2D eigenvalue weighted by atomic mass is 16.5. The van der Waals surface area contributed by atoms with Crippen molar-refractivity contribution >= 4 is 23.1 Å². The predicted molar refractivity (Wildman–Crippen MR) is 95.2 cm³/mol. The first-order valence-corrected chi connectivity index (χ1v) is 7.74. The largest absolute Gasteiger partial charge is 0.495 e. The molecule has 6 nitrogen and oxygen atoms in total. The van der Waals surface area contributed by atoms with Gasteiger partial charge >= 0.3 is 0 Å². The second kappa shape index (κ2) is 7.41. The van der Waals surface area contributed by atoms with Crippen molar-refractivity contribution in [2.45, 2.75) is 13.3 Å². The minimum Gasteiger partial charge on any atom is -0.495 e. The summed E-state index contributed by atoms with van der Waals surface area (Å²) in [5.41, 5.74) is 3.03. The fourth-order valence-electron chi connectivity index (χ4n) is 2.26. The molecule has 1 aromatic heterocycles. The Hall–Kier alpha value is -3.15. The van der Waals surface area contributed by atoms with Crippen LogP contribution in [0.15, 0.2) is 54.7 Å². The Balaban J connectivity index is 1.76. The minimum atomic E-state index is 0.398. The Kier molecular flexibility index (Phi) is 4.86. The van der Waals surface area contributed by atoms with E-state index < -0.39 is 0 Å². The Labute approximate surface area is 140 Å². The van der Waals surface area contributed by atoms with Crippen LogP contribution >= 0.6 is 0 Å². The standard InChI is InChI=1S/C18H19N5O/c1-3-13-8-10-14(11-9-13)20-17-12-19-23-18(22-17)21-15-6-4-5-7-16(15)24-2/h4-12H,3H2,1-2H3,(H2,20,21,22,23). The third kappa shape index (κ3) is 3.78. The van der Waals surface area contributed by atoms with Gasteiger partial charge in [-0.1, -0.05) is 31.2 Å². The van der Waals surface area contributed by atoms with Gasteiger partial charge in [0, 0.05) is 5.69 Å². The number of nitrogens with zero attached hydrogens (tertiary/aromatic N) is 3. The number of aromatic nitrogens is 3. The lowest BCUT2D eigenvalue weighted by Gasteiger charge is -2.10. The van der Waals surface area contributed by atoms with Crippen molar-refractivity contribution in [3.63, 3.8) is 0 Å². The summed E-state index contributed by atoms with van der Waals surface area (Å²) in [7, 11) is 1.62. The van der Waals surface area contributed by atoms with Crippen molar-refractivity contribution in [1.29, 1.82) is 0 Å². The summed E-state index contributed by atoms with van der Waals surface area (Å²) in [6.07, 6.45) is 2.60. The summed E-state index contributed by atoms with van der Waals surface area (Å²) >= 11 is 0. The molecule has 0 aliphatic heterocycles. The molecule has 1 heterocycles. The van der Waals surface area contributed by atoms with Crippen LogP contribution in [0.1, 0.15) is 12.5 Å². The number of methoxy groups -OCH3 is 1. The van der Waals surface area contributed by atoms with Crippen molar-refractivity contribution in [3.8, 4) is 5.75 Å². The highest BCUT2D eigenvalue weighted by molar-refractivity contribution is 5.63. The van der Waals surface area contributed by atoms with E-state index in [2.05, 4.69) is 44.9 Å². The number of anilines is 4. The van der Waals surface area contributed by atoms with E-state index in [-0.39, 0.29) is 0 Å². The molecule has 24 heavy (non-hydrogen) atoms. The van der Waals surface area contributed by atoms with Crippen LogP contribution in [0.2, 0.25) is 0 Å². The molecule has 2 N–H and O–H groups in total. The van der Waals surface area contributed by atoms with Crippen LogP contribution in [0.4, 0.5) is 23.1 Å². The monoisotopic (exact) mass is 321 g/mol. The summed E-state index contributed by atoms with van der Waals surface area (Å²) in [5, 5.41) is 14.3. The smallest absolute Gasteiger partial charge is 0.249 e. The lowest BCUT2D eigenvalue weighted by molar-refractivity contribution is 0.417. The molecule has 0 bridgehead atoms. The lowest BCUT2D eigenvalue weighted by atomic mass is 10.1. The highest BCUT2D eigenvalue weighted by Crippen LogP contribution is 2.25. The van der Waals surface area contributed by atoms with Crippen LogP contribution in [0, 0.1) is 0 Å². The van der Waals surface area contributed by atoms with Gasteiger partial charge in [0.1, 0.15) is 5.75 Å². The van der Waals surface area contributed by atoms with E-state index in [0.717, 1.165) is 23.5 Å². The van der Waals surface area contributed by atoms with Crippen LogP contribution in [0.3, 0.4) is 0 Å². The summed E-state index contributed by atoms with van der Waals surface area (Å²) in [6, 6.07) is 15.8. The quantitative estimate of drug-likeness (QED) is 0.717. The molecule has 0 aliphatic rings. The van der Waals surface area contributed by atoms with E-state index in [0.29, 0.717) is 11.8 Å². The molecule has 0 spiro atoms. The van der Waals surface area contributed by atoms with Crippen molar-refractivity contribution in [2.24, 2.45) is 0 Å². The maximum absolute atomic E-state index is 5.31. The van der Waals surface area contributed by atoms with E-state index in [9.17, 15) is 0 Å². The average molecular weight is 321 g/mol. The van der Waals surface area contributed by atoms with Gasteiger partial charge in [0.15, 0.2) is 5.82 Å². The van der Waals surface area contributed by atoms with Gasteiger partial charge in [0.2, 0.25) is 5.95 Å². The molecule has 3 aromatic rings. The molecule has 3 rings (SSSR count). The number of hydrogen-bond donors (Lipinski definition) is 2. The third-order valence-corrected chi connectivity index (χ3v) is 3.55. The zero-order valence-electron chi connectivity index (χ0n) is 13.7. The third-order valence-electron chi connectivity index (χ3n) is 3.55. The van der Waals surface area contributed by atoms with Gasteiger partial charge in [0.25, 0.3) is 0 Å². The van der Waals surface area contributed by atoms with Gasteiger partial charge in [-0.05, 0) is 36.2 Å². The molecule has 0 saturated carbocycles. The molecule has 0 atom stereocenters. The van der Waals surface area contributed by atoms with Crippen LogP contribution in [0.25, 0.3) is 0 Å². The van der Waals surface area contributed by atoms with Crippen LogP contribution in [-0.2, 0) is 6.42 Å². The van der Waals surface area contributed by atoms with Crippen LogP contribution in [-0.4, -0.2) is 22.3 Å². The molecule has 0 fully saturated rings. The van der Waals surface area contributed by atoms with Gasteiger partial charge < -0.3 is 15.4 Å². The van der Waals surface area contributed by atoms with E-state index >= 15 is 0 Å². The SMILES string of the molecule is CCc1ccc(Nc2cnnc(Nc3ccccc3OC)n2)cc1. The maximum Gasteiger partial charge on any atom is 0.249 e. The van der Waals surface area contributed by atoms with E-state index in [4.69, 9.17) is 4.74 Å². The van der Waals surface area contributed by atoms with Gasteiger partial charge in [0.05, 0.1) is 19.0 Å². The number of hydrogen-bond acceptors (Lipinski definition) is 6. The molecule has 2 aromatic carbocycles. The van der Waals surface area contributed by atoms with Gasteiger partial charge in [-0.15, -0.1) is 5.10 Å². The fraction of sp³-hybridized carbons (Fsp3) is 0.167. The van der Waals surface area contributed by atoms with Crippen molar-refractivity contribution in [3.05, 3.63) is 60.3 Å². The van der Waals surface area contributed by atoms with E-state index in [1.807, 2.05) is 36.4 Å². The lowest BCUT2D eigenvalue weighted by Crippen LogP contribution is -2.03. The minimum absolute atomic E-state index is 0.398. The molecule has 122 valence electrons. The van der Waals surface area contributed by atoms with Gasteiger partial charge in [-0.2, -0.15) is 10.1 Å². The first kappa shape index (κ1) is 15.7. The zero-order valence-corrected chi connectivity index (χ0v) is 13.7. The number of aryl methyl sites for hydroxylation is 1. The van der Waals surface area contributed by atoms with Crippen molar-refractivity contribution in [2.75, 3.05) is 17.7 Å². The molecule has 0 unspecified atom stereocenters. The molecular weight excluding hydrogens is 302 g/mol. The first-order chi connectivity index (χ1) is 11.8. The zero-order chi connectivity index (χ0) is 16.8. The van der Waals surface area contributed by atoms with Gasteiger partial charge in [-0.3, -0.25) is 0 Å². The number of ether oxygens (including phenoxy) is 1. The van der Waals surface area contributed by atoms with Gasteiger partial charge in [-0.25, -0.2) is 0 Å². The van der Waals surface area contributed by atoms with Crippen molar-refractivity contribution < 1.29 is 4.74 Å². The second-order valence-electron chi connectivity index (χ2n) is 5.17. The Morgan fingerprint density at radius 2 is 1.79 bits per heavy atom. The van der Waals surface area contributed by atoms with Crippen LogP contribution < -0.4 is 15.4 Å².